The van der Waals surface area contributed by atoms with Crippen molar-refractivity contribution in [2.75, 3.05) is 7.11 Å². The standard InChI is InChI=1S/C15H20BF4NO2/c1-8(2)6-12(14(22)23-3)21-13(15(18,19)20)9-4-5-10(16)11(17)7-9/h4-5,7-8,12-13,21H,6,16H2,1-3H3/t12-,13?/m0/s1. The maximum Gasteiger partial charge on any atom is 0.407 e. The fraction of sp³-hybridized carbons (Fsp3) is 0.533. The highest BCUT2D eigenvalue weighted by molar-refractivity contribution is 6.32. The van der Waals surface area contributed by atoms with Crippen LogP contribution >= 0.6 is 0 Å². The number of alkyl halides is 3. The molecular weight excluding hydrogens is 313 g/mol. The number of rotatable bonds is 6. The van der Waals surface area contributed by atoms with Gasteiger partial charge in [0.1, 0.15) is 25.7 Å². The van der Waals surface area contributed by atoms with Crippen LogP contribution in [0, 0.1) is 11.7 Å². The summed E-state index contributed by atoms with van der Waals surface area (Å²) in [5.74, 6) is -1.52. The smallest absolute Gasteiger partial charge is 0.407 e. The van der Waals surface area contributed by atoms with Gasteiger partial charge >= 0.3 is 12.1 Å². The summed E-state index contributed by atoms with van der Waals surface area (Å²) in [6.07, 6.45) is -4.50. The zero-order chi connectivity index (χ0) is 17.8. The summed E-state index contributed by atoms with van der Waals surface area (Å²) in [6.45, 7) is 3.57. The van der Waals surface area contributed by atoms with Crippen molar-refractivity contribution >= 4 is 19.3 Å². The van der Waals surface area contributed by atoms with Gasteiger partial charge < -0.3 is 4.74 Å². The average Bonchev–Trinajstić information content (AvgIpc) is 2.44. The van der Waals surface area contributed by atoms with Crippen LogP contribution in [0.15, 0.2) is 18.2 Å². The van der Waals surface area contributed by atoms with Gasteiger partial charge in [-0.3, -0.25) is 10.1 Å². The van der Waals surface area contributed by atoms with Gasteiger partial charge in [-0.1, -0.05) is 31.4 Å². The van der Waals surface area contributed by atoms with Crippen molar-refractivity contribution in [2.45, 2.75) is 38.5 Å². The zero-order valence-electron chi connectivity index (χ0n) is 13.5. The second kappa shape index (κ2) is 7.81. The van der Waals surface area contributed by atoms with E-state index in [1.165, 1.54) is 20.0 Å². The third kappa shape index (κ3) is 5.53. The van der Waals surface area contributed by atoms with E-state index < -0.39 is 30.0 Å². The van der Waals surface area contributed by atoms with E-state index >= 15 is 0 Å². The van der Waals surface area contributed by atoms with Crippen LogP contribution in [0.4, 0.5) is 17.6 Å². The molecule has 0 fully saturated rings. The maximum absolute atomic E-state index is 13.6. The Kier molecular flexibility index (Phi) is 6.62. The summed E-state index contributed by atoms with van der Waals surface area (Å²) in [7, 11) is 2.58. The molecule has 0 aliphatic carbocycles. The number of nitrogens with one attached hydrogen (secondary N) is 1. The number of halogens is 4. The van der Waals surface area contributed by atoms with Crippen LogP contribution in [0.25, 0.3) is 0 Å². The highest BCUT2D eigenvalue weighted by atomic mass is 19.4. The topological polar surface area (TPSA) is 38.3 Å². The van der Waals surface area contributed by atoms with Crippen LogP contribution in [0.3, 0.4) is 0 Å². The van der Waals surface area contributed by atoms with Crippen molar-refractivity contribution < 1.29 is 27.1 Å². The lowest BCUT2D eigenvalue weighted by atomic mass is 9.92. The van der Waals surface area contributed by atoms with Crippen LogP contribution in [0.1, 0.15) is 31.9 Å². The van der Waals surface area contributed by atoms with Gasteiger partial charge in [0.15, 0.2) is 0 Å². The van der Waals surface area contributed by atoms with Gasteiger partial charge in [-0.05, 0) is 24.0 Å². The van der Waals surface area contributed by atoms with Gasteiger partial charge in [0.05, 0.1) is 7.11 Å². The summed E-state index contributed by atoms with van der Waals surface area (Å²) < 4.78 is 58.3. The van der Waals surface area contributed by atoms with Crippen molar-refractivity contribution in [3.8, 4) is 0 Å². The maximum atomic E-state index is 13.6. The third-order valence-electron chi connectivity index (χ3n) is 3.42. The number of ether oxygens (including phenoxy) is 1. The molecule has 0 heterocycles. The van der Waals surface area contributed by atoms with Gasteiger partial charge in [-0.15, -0.1) is 0 Å². The van der Waals surface area contributed by atoms with Gasteiger partial charge in [-0.2, -0.15) is 13.2 Å². The van der Waals surface area contributed by atoms with Crippen LogP contribution in [0.2, 0.25) is 0 Å². The molecule has 0 amide bonds. The molecule has 0 aromatic heterocycles. The molecule has 8 heteroatoms. The lowest BCUT2D eigenvalue weighted by Crippen LogP contribution is -2.46. The van der Waals surface area contributed by atoms with Gasteiger partial charge in [0, 0.05) is 0 Å². The van der Waals surface area contributed by atoms with E-state index in [0.29, 0.717) is 0 Å². The quantitative estimate of drug-likeness (QED) is 0.491. The molecule has 0 saturated heterocycles. The molecule has 0 aliphatic heterocycles. The van der Waals surface area contributed by atoms with Gasteiger partial charge in [0.2, 0.25) is 0 Å². The minimum atomic E-state index is -4.68. The molecule has 1 rings (SSSR count). The SMILES string of the molecule is Bc1ccc(C(N[C@@H](CC(C)C)C(=O)OC)C(F)(F)F)cc1F. The Bertz CT molecular complexity index is 549. The first kappa shape index (κ1) is 19.5. The number of carbonyl (C=O) groups excluding carboxylic acids is 1. The zero-order valence-corrected chi connectivity index (χ0v) is 13.5. The van der Waals surface area contributed by atoms with Gasteiger partial charge in [-0.25, -0.2) is 4.39 Å². The van der Waals surface area contributed by atoms with E-state index in [4.69, 9.17) is 0 Å². The predicted molar refractivity (Wildman–Crippen MR) is 81.8 cm³/mol. The largest absolute Gasteiger partial charge is 0.468 e. The van der Waals surface area contributed by atoms with Crippen molar-refractivity contribution in [1.29, 1.82) is 0 Å². The van der Waals surface area contributed by atoms with E-state index in [2.05, 4.69) is 10.1 Å². The first-order valence-corrected chi connectivity index (χ1v) is 7.23. The van der Waals surface area contributed by atoms with E-state index in [1.54, 1.807) is 13.8 Å². The van der Waals surface area contributed by atoms with Crippen molar-refractivity contribution in [3.63, 3.8) is 0 Å². The van der Waals surface area contributed by atoms with Crippen molar-refractivity contribution in [2.24, 2.45) is 5.92 Å². The number of carbonyl (C=O) groups is 1. The molecule has 2 atom stereocenters. The molecule has 0 radical (unpaired) electrons. The highest BCUT2D eigenvalue weighted by Crippen LogP contribution is 2.33. The van der Waals surface area contributed by atoms with E-state index in [-0.39, 0.29) is 23.4 Å². The Balaban J connectivity index is 3.15. The fourth-order valence-electron chi connectivity index (χ4n) is 2.22. The number of hydrogen-bond donors (Lipinski definition) is 1. The lowest BCUT2D eigenvalue weighted by Gasteiger charge is -2.27. The molecule has 0 aliphatic rings. The Morgan fingerprint density at radius 2 is 1.96 bits per heavy atom. The number of benzene rings is 1. The molecule has 0 bridgehead atoms. The second-order valence-corrected chi connectivity index (χ2v) is 5.86. The van der Waals surface area contributed by atoms with Crippen LogP contribution in [0.5, 0.6) is 0 Å². The number of esters is 1. The molecule has 1 aromatic rings. The molecule has 1 N–H and O–H groups in total. The minimum Gasteiger partial charge on any atom is -0.468 e. The first-order valence-electron chi connectivity index (χ1n) is 7.23. The monoisotopic (exact) mass is 333 g/mol. The molecule has 23 heavy (non-hydrogen) atoms. The summed E-state index contributed by atoms with van der Waals surface area (Å²) in [6, 6.07) is 0.0366. The molecule has 1 unspecified atom stereocenters. The highest BCUT2D eigenvalue weighted by Gasteiger charge is 2.43. The molecule has 3 nitrogen and oxygen atoms in total. The Labute approximate surface area is 133 Å². The van der Waals surface area contributed by atoms with E-state index in [1.807, 2.05) is 0 Å². The van der Waals surface area contributed by atoms with Crippen molar-refractivity contribution in [3.05, 3.63) is 29.6 Å². The van der Waals surface area contributed by atoms with Crippen molar-refractivity contribution in [1.82, 2.24) is 5.32 Å². The van der Waals surface area contributed by atoms with Crippen LogP contribution in [-0.2, 0) is 9.53 Å². The minimum absolute atomic E-state index is 0.0183. The molecule has 0 saturated carbocycles. The van der Waals surface area contributed by atoms with E-state index in [9.17, 15) is 22.4 Å². The van der Waals surface area contributed by atoms with Crippen LogP contribution in [-0.4, -0.2) is 33.1 Å². The Morgan fingerprint density at radius 1 is 1.35 bits per heavy atom. The molecule has 128 valence electrons. The third-order valence-corrected chi connectivity index (χ3v) is 3.42. The normalized spacial score (nSPS) is 14.6. The number of hydrogen-bond acceptors (Lipinski definition) is 3. The number of methoxy groups -OCH3 is 1. The summed E-state index contributed by atoms with van der Waals surface area (Å²) >= 11 is 0. The van der Waals surface area contributed by atoms with Gasteiger partial charge in [0.25, 0.3) is 0 Å². The Hall–Kier alpha value is -1.57. The molecule has 0 spiro atoms. The summed E-state index contributed by atoms with van der Waals surface area (Å²) in [4.78, 5) is 11.7. The average molecular weight is 333 g/mol. The van der Waals surface area contributed by atoms with E-state index in [0.717, 1.165) is 13.2 Å². The molecule has 1 aromatic carbocycles. The summed E-state index contributed by atoms with van der Waals surface area (Å²) in [5.41, 5.74) is -0.0281. The first-order chi connectivity index (χ1) is 10.6. The molecular formula is C15H20BF4NO2. The fourth-order valence-corrected chi connectivity index (χ4v) is 2.22. The second-order valence-electron chi connectivity index (χ2n) is 5.86. The van der Waals surface area contributed by atoms with Crippen LogP contribution < -0.4 is 10.8 Å². The lowest BCUT2D eigenvalue weighted by molar-refractivity contribution is -0.164. The summed E-state index contributed by atoms with van der Waals surface area (Å²) in [5, 5.41) is 2.27. The predicted octanol–water partition coefficient (Wildman–Crippen LogP) is 1.86. The Morgan fingerprint density at radius 3 is 2.39 bits per heavy atom.